The molecule has 1 heterocycles. The van der Waals surface area contributed by atoms with Crippen LogP contribution in [0.25, 0.3) is 0 Å². The van der Waals surface area contributed by atoms with Crippen molar-refractivity contribution < 1.29 is 9.59 Å². The number of piperidine rings is 1. The van der Waals surface area contributed by atoms with Gasteiger partial charge in [0.15, 0.2) is 0 Å². The Bertz CT molecular complexity index is 555. The Morgan fingerprint density at radius 2 is 1.80 bits per heavy atom. The zero-order valence-electron chi connectivity index (χ0n) is 15.2. The number of hydrogen-bond donors (Lipinski definition) is 2. The number of para-hydroxylation sites is 1. The maximum atomic E-state index is 12.6. The van der Waals surface area contributed by atoms with Gasteiger partial charge in [-0.25, -0.2) is 0 Å². The number of rotatable bonds is 7. The van der Waals surface area contributed by atoms with Gasteiger partial charge in [-0.15, -0.1) is 12.4 Å². The molecule has 1 aliphatic rings. The number of hydrogen-bond acceptors (Lipinski definition) is 3. The SMILES string of the molecule is CCN(CC)C(=O)c1ccccc1NC(=O)CCC1CCNCC1.Cl. The fourth-order valence-corrected chi connectivity index (χ4v) is 3.18. The summed E-state index contributed by atoms with van der Waals surface area (Å²) in [5, 5.41) is 6.27. The fourth-order valence-electron chi connectivity index (χ4n) is 3.18. The zero-order valence-corrected chi connectivity index (χ0v) is 16.0. The summed E-state index contributed by atoms with van der Waals surface area (Å²) in [7, 11) is 0. The van der Waals surface area contributed by atoms with Crippen molar-refractivity contribution >= 4 is 29.9 Å². The van der Waals surface area contributed by atoms with E-state index in [2.05, 4.69) is 10.6 Å². The molecule has 1 aliphatic heterocycles. The van der Waals surface area contributed by atoms with Crippen LogP contribution in [-0.4, -0.2) is 42.9 Å². The van der Waals surface area contributed by atoms with Crippen molar-refractivity contribution in [3.63, 3.8) is 0 Å². The average molecular weight is 368 g/mol. The summed E-state index contributed by atoms with van der Waals surface area (Å²) in [4.78, 5) is 26.6. The Labute approximate surface area is 157 Å². The van der Waals surface area contributed by atoms with E-state index in [1.165, 1.54) is 0 Å². The highest BCUT2D eigenvalue weighted by molar-refractivity contribution is 6.03. The van der Waals surface area contributed by atoms with Crippen molar-refractivity contribution in [2.45, 2.75) is 39.5 Å². The van der Waals surface area contributed by atoms with Crippen molar-refractivity contribution in [1.29, 1.82) is 0 Å². The molecule has 6 heteroatoms. The van der Waals surface area contributed by atoms with E-state index in [1.807, 2.05) is 26.0 Å². The first-order valence-corrected chi connectivity index (χ1v) is 9.04. The van der Waals surface area contributed by atoms with Crippen LogP contribution in [0.5, 0.6) is 0 Å². The highest BCUT2D eigenvalue weighted by Crippen LogP contribution is 2.20. The number of nitrogens with one attached hydrogen (secondary N) is 2. The van der Waals surface area contributed by atoms with E-state index < -0.39 is 0 Å². The first kappa shape index (κ1) is 21.5. The molecule has 0 aliphatic carbocycles. The van der Waals surface area contributed by atoms with Crippen LogP contribution in [0.15, 0.2) is 24.3 Å². The van der Waals surface area contributed by atoms with E-state index in [4.69, 9.17) is 0 Å². The largest absolute Gasteiger partial charge is 0.339 e. The van der Waals surface area contributed by atoms with Crippen LogP contribution in [0.3, 0.4) is 0 Å². The molecule has 0 saturated carbocycles. The Morgan fingerprint density at radius 1 is 1.16 bits per heavy atom. The minimum atomic E-state index is -0.0331. The molecule has 0 spiro atoms. The lowest BCUT2D eigenvalue weighted by molar-refractivity contribution is -0.116. The quantitative estimate of drug-likeness (QED) is 0.777. The molecule has 0 radical (unpaired) electrons. The van der Waals surface area contributed by atoms with Crippen LogP contribution >= 0.6 is 12.4 Å². The lowest BCUT2D eigenvalue weighted by atomic mass is 9.93. The van der Waals surface area contributed by atoms with Gasteiger partial charge in [0.05, 0.1) is 11.3 Å². The van der Waals surface area contributed by atoms with Crippen molar-refractivity contribution in [2.75, 3.05) is 31.5 Å². The zero-order chi connectivity index (χ0) is 17.4. The van der Waals surface area contributed by atoms with Gasteiger partial charge in [0.1, 0.15) is 0 Å². The van der Waals surface area contributed by atoms with Gasteiger partial charge in [-0.2, -0.15) is 0 Å². The van der Waals surface area contributed by atoms with Gasteiger partial charge in [0.25, 0.3) is 5.91 Å². The van der Waals surface area contributed by atoms with Crippen molar-refractivity contribution in [3.8, 4) is 0 Å². The molecule has 2 rings (SSSR count). The molecule has 2 N–H and O–H groups in total. The van der Waals surface area contributed by atoms with Gasteiger partial charge in [-0.05, 0) is 64.3 Å². The predicted molar refractivity (Wildman–Crippen MR) is 104 cm³/mol. The summed E-state index contributed by atoms with van der Waals surface area (Å²) in [6, 6.07) is 7.27. The third-order valence-corrected chi connectivity index (χ3v) is 4.72. The Kier molecular flexibility index (Phi) is 9.53. The van der Waals surface area contributed by atoms with Gasteiger partial charge >= 0.3 is 0 Å². The topological polar surface area (TPSA) is 61.4 Å². The van der Waals surface area contributed by atoms with Crippen LogP contribution < -0.4 is 10.6 Å². The predicted octanol–water partition coefficient (Wildman–Crippen LogP) is 3.31. The first-order valence-electron chi connectivity index (χ1n) is 9.04. The Balaban J connectivity index is 0.00000312. The molecule has 1 saturated heterocycles. The summed E-state index contributed by atoms with van der Waals surface area (Å²) >= 11 is 0. The highest BCUT2D eigenvalue weighted by atomic mass is 35.5. The van der Waals surface area contributed by atoms with E-state index in [-0.39, 0.29) is 24.2 Å². The van der Waals surface area contributed by atoms with Gasteiger partial charge in [-0.3, -0.25) is 9.59 Å². The first-order chi connectivity index (χ1) is 11.7. The molecule has 0 atom stereocenters. The molecular formula is C19H30ClN3O2. The van der Waals surface area contributed by atoms with Crippen molar-refractivity contribution in [1.82, 2.24) is 10.2 Å². The highest BCUT2D eigenvalue weighted by Gasteiger charge is 2.18. The molecule has 140 valence electrons. The summed E-state index contributed by atoms with van der Waals surface area (Å²) in [5.41, 5.74) is 1.18. The van der Waals surface area contributed by atoms with Gasteiger partial charge in [0, 0.05) is 19.5 Å². The van der Waals surface area contributed by atoms with Crippen molar-refractivity contribution in [3.05, 3.63) is 29.8 Å². The van der Waals surface area contributed by atoms with E-state index in [0.717, 1.165) is 32.4 Å². The average Bonchev–Trinajstić information content (AvgIpc) is 2.62. The number of nitrogens with zero attached hydrogens (tertiary/aromatic N) is 1. The Hall–Kier alpha value is -1.59. The fraction of sp³-hybridized carbons (Fsp3) is 0.579. The lowest BCUT2D eigenvalue weighted by Gasteiger charge is -2.22. The van der Waals surface area contributed by atoms with E-state index in [9.17, 15) is 9.59 Å². The molecule has 1 aromatic rings. The van der Waals surface area contributed by atoms with Crippen LogP contribution in [-0.2, 0) is 4.79 Å². The molecule has 0 aromatic heterocycles. The summed E-state index contributed by atoms with van der Waals surface area (Å²) in [6.07, 6.45) is 3.72. The molecule has 0 bridgehead atoms. The molecule has 25 heavy (non-hydrogen) atoms. The maximum absolute atomic E-state index is 12.6. The number of amides is 2. The summed E-state index contributed by atoms with van der Waals surface area (Å²) < 4.78 is 0. The monoisotopic (exact) mass is 367 g/mol. The van der Waals surface area contributed by atoms with Crippen LogP contribution in [0, 0.1) is 5.92 Å². The van der Waals surface area contributed by atoms with Crippen LogP contribution in [0.4, 0.5) is 5.69 Å². The van der Waals surface area contributed by atoms with E-state index in [1.54, 1.807) is 17.0 Å². The summed E-state index contributed by atoms with van der Waals surface area (Å²) in [6.45, 7) is 7.34. The van der Waals surface area contributed by atoms with Crippen molar-refractivity contribution in [2.24, 2.45) is 5.92 Å². The summed E-state index contributed by atoms with van der Waals surface area (Å²) in [5.74, 6) is 0.590. The van der Waals surface area contributed by atoms with Crippen LogP contribution in [0.1, 0.15) is 49.9 Å². The maximum Gasteiger partial charge on any atom is 0.255 e. The van der Waals surface area contributed by atoms with E-state index in [0.29, 0.717) is 36.7 Å². The Morgan fingerprint density at radius 3 is 2.44 bits per heavy atom. The molecule has 2 amide bonds. The minimum Gasteiger partial charge on any atom is -0.339 e. The van der Waals surface area contributed by atoms with Gasteiger partial charge in [0.2, 0.25) is 5.91 Å². The third-order valence-electron chi connectivity index (χ3n) is 4.72. The second kappa shape index (κ2) is 11.1. The normalized spacial score (nSPS) is 14.5. The minimum absolute atomic E-state index is 0. The smallest absolute Gasteiger partial charge is 0.255 e. The third kappa shape index (κ3) is 6.33. The molecule has 0 unspecified atom stereocenters. The molecule has 1 fully saturated rings. The number of halogens is 1. The standard InChI is InChI=1S/C19H29N3O2.ClH/c1-3-22(4-2)19(24)16-7-5-6-8-17(16)21-18(23)10-9-15-11-13-20-14-12-15;/h5-8,15,20H,3-4,9-14H2,1-2H3,(H,21,23);1H. The number of benzene rings is 1. The molecular weight excluding hydrogens is 338 g/mol. The van der Waals surface area contributed by atoms with Gasteiger partial charge < -0.3 is 15.5 Å². The number of carbonyl (C=O) groups is 2. The second-order valence-corrected chi connectivity index (χ2v) is 6.30. The molecule has 1 aromatic carbocycles. The van der Waals surface area contributed by atoms with E-state index >= 15 is 0 Å². The molecule has 5 nitrogen and oxygen atoms in total. The lowest BCUT2D eigenvalue weighted by Crippen LogP contribution is -2.31. The number of anilines is 1. The second-order valence-electron chi connectivity index (χ2n) is 6.30. The number of carbonyl (C=O) groups excluding carboxylic acids is 2. The van der Waals surface area contributed by atoms with Gasteiger partial charge in [-0.1, -0.05) is 12.1 Å². The van der Waals surface area contributed by atoms with Crippen LogP contribution in [0.2, 0.25) is 0 Å².